The summed E-state index contributed by atoms with van der Waals surface area (Å²) in [5.41, 5.74) is 6.52. The Morgan fingerprint density at radius 3 is 2.86 bits per heavy atom. The van der Waals surface area contributed by atoms with E-state index in [2.05, 4.69) is 10.00 Å². The number of nitrogen functional groups attached to an aromatic ring is 1. The van der Waals surface area contributed by atoms with Crippen molar-refractivity contribution in [3.8, 4) is 0 Å². The first-order chi connectivity index (χ1) is 6.72. The fraction of sp³-hybridized carbons (Fsp3) is 0.667. The molecular formula is C9H16N4O. The van der Waals surface area contributed by atoms with Crippen molar-refractivity contribution >= 4 is 11.5 Å². The van der Waals surface area contributed by atoms with Crippen molar-refractivity contribution < 1.29 is 5.11 Å². The zero-order valence-electron chi connectivity index (χ0n) is 8.35. The molecule has 5 nitrogen and oxygen atoms in total. The van der Waals surface area contributed by atoms with Gasteiger partial charge >= 0.3 is 0 Å². The fourth-order valence-corrected chi connectivity index (χ4v) is 1.67. The van der Waals surface area contributed by atoms with Crippen LogP contribution in [-0.4, -0.2) is 34.1 Å². The molecule has 0 unspecified atom stereocenters. The Hall–Kier alpha value is -1.23. The molecule has 14 heavy (non-hydrogen) atoms. The lowest BCUT2D eigenvalue weighted by Gasteiger charge is -2.21. The smallest absolute Gasteiger partial charge is 0.174 e. The first-order valence-corrected chi connectivity index (χ1v) is 4.89. The molecule has 0 radical (unpaired) electrons. The molecule has 0 atom stereocenters. The van der Waals surface area contributed by atoms with Crippen LogP contribution in [0.15, 0.2) is 6.20 Å². The van der Waals surface area contributed by atoms with Gasteiger partial charge in [-0.15, -0.1) is 0 Å². The Balaban J connectivity index is 2.20. The van der Waals surface area contributed by atoms with Gasteiger partial charge in [-0.1, -0.05) is 0 Å². The maximum atomic E-state index is 8.96. The Morgan fingerprint density at radius 1 is 1.71 bits per heavy atom. The van der Waals surface area contributed by atoms with Gasteiger partial charge in [0.15, 0.2) is 5.82 Å². The molecule has 1 fully saturated rings. The number of anilines is 2. The van der Waals surface area contributed by atoms with Crippen molar-refractivity contribution in [2.45, 2.75) is 18.9 Å². The van der Waals surface area contributed by atoms with E-state index < -0.39 is 0 Å². The number of hydrogen-bond acceptors (Lipinski definition) is 4. The zero-order valence-corrected chi connectivity index (χ0v) is 8.35. The first kappa shape index (κ1) is 9.33. The van der Waals surface area contributed by atoms with Gasteiger partial charge < -0.3 is 15.7 Å². The highest BCUT2D eigenvalue weighted by Gasteiger charge is 2.31. The predicted molar refractivity (Wildman–Crippen MR) is 55.1 cm³/mol. The van der Waals surface area contributed by atoms with Crippen molar-refractivity contribution in [3.63, 3.8) is 0 Å². The molecule has 1 aromatic rings. The molecule has 2 rings (SSSR count). The molecule has 0 saturated heterocycles. The summed E-state index contributed by atoms with van der Waals surface area (Å²) in [6, 6.07) is 0.527. The maximum absolute atomic E-state index is 8.96. The molecule has 0 spiro atoms. The van der Waals surface area contributed by atoms with E-state index in [1.807, 2.05) is 7.05 Å². The van der Waals surface area contributed by atoms with Gasteiger partial charge in [0, 0.05) is 25.8 Å². The van der Waals surface area contributed by atoms with Crippen molar-refractivity contribution in [3.05, 3.63) is 6.20 Å². The number of aliphatic hydroxyl groups is 1. The molecule has 0 aliphatic heterocycles. The van der Waals surface area contributed by atoms with Crippen LogP contribution in [0.4, 0.5) is 11.5 Å². The van der Waals surface area contributed by atoms with E-state index >= 15 is 0 Å². The van der Waals surface area contributed by atoms with E-state index in [0.717, 1.165) is 5.82 Å². The van der Waals surface area contributed by atoms with Gasteiger partial charge in [-0.05, 0) is 12.8 Å². The van der Waals surface area contributed by atoms with E-state index in [-0.39, 0.29) is 6.61 Å². The van der Waals surface area contributed by atoms with Crippen LogP contribution in [0.1, 0.15) is 12.8 Å². The number of rotatable bonds is 4. The molecule has 78 valence electrons. The summed E-state index contributed by atoms with van der Waals surface area (Å²) in [7, 11) is 1.85. The fourth-order valence-electron chi connectivity index (χ4n) is 1.67. The summed E-state index contributed by atoms with van der Waals surface area (Å²) in [4.78, 5) is 2.09. The van der Waals surface area contributed by atoms with Gasteiger partial charge in [-0.25, -0.2) is 0 Å². The second kappa shape index (κ2) is 3.49. The van der Waals surface area contributed by atoms with Crippen molar-refractivity contribution in [1.29, 1.82) is 0 Å². The summed E-state index contributed by atoms with van der Waals surface area (Å²) >= 11 is 0. The van der Waals surface area contributed by atoms with Crippen LogP contribution in [-0.2, 0) is 7.05 Å². The minimum absolute atomic E-state index is 0.145. The van der Waals surface area contributed by atoms with Crippen LogP contribution in [0.5, 0.6) is 0 Å². The average molecular weight is 196 g/mol. The molecule has 1 aromatic heterocycles. The van der Waals surface area contributed by atoms with Gasteiger partial charge in [0.25, 0.3) is 0 Å². The number of nitrogens with zero attached hydrogens (tertiary/aromatic N) is 3. The van der Waals surface area contributed by atoms with E-state index in [9.17, 15) is 0 Å². The summed E-state index contributed by atoms with van der Waals surface area (Å²) in [5.74, 6) is 0.809. The Labute approximate surface area is 83.1 Å². The van der Waals surface area contributed by atoms with Crippen molar-refractivity contribution in [1.82, 2.24) is 9.78 Å². The van der Waals surface area contributed by atoms with E-state index in [4.69, 9.17) is 10.8 Å². The highest BCUT2D eigenvalue weighted by Crippen LogP contribution is 2.33. The maximum Gasteiger partial charge on any atom is 0.174 e. The predicted octanol–water partition coefficient (Wildman–Crippen LogP) is -0.0366. The van der Waals surface area contributed by atoms with Crippen LogP contribution >= 0.6 is 0 Å². The molecule has 0 bridgehead atoms. The highest BCUT2D eigenvalue weighted by molar-refractivity contribution is 5.62. The molecule has 1 aliphatic carbocycles. The van der Waals surface area contributed by atoms with Gasteiger partial charge in [-0.3, -0.25) is 4.68 Å². The molecule has 3 N–H and O–H groups in total. The number of aryl methyl sites for hydroxylation is 1. The van der Waals surface area contributed by atoms with Crippen molar-refractivity contribution in [2.24, 2.45) is 7.05 Å². The summed E-state index contributed by atoms with van der Waals surface area (Å²) in [6.45, 7) is 0.762. The SMILES string of the molecule is Cn1cc(N)c(N(CCO)C2CC2)n1. The lowest BCUT2D eigenvalue weighted by molar-refractivity contribution is 0.301. The third-order valence-corrected chi connectivity index (χ3v) is 2.44. The Bertz CT molecular complexity index is 319. The Morgan fingerprint density at radius 2 is 2.43 bits per heavy atom. The second-order valence-electron chi connectivity index (χ2n) is 3.73. The lowest BCUT2D eigenvalue weighted by Crippen LogP contribution is -2.30. The van der Waals surface area contributed by atoms with Crippen LogP contribution < -0.4 is 10.6 Å². The van der Waals surface area contributed by atoms with Gasteiger partial charge in [0.2, 0.25) is 0 Å². The van der Waals surface area contributed by atoms with Crippen LogP contribution in [0.25, 0.3) is 0 Å². The normalized spacial score (nSPS) is 15.9. The zero-order chi connectivity index (χ0) is 10.1. The molecule has 0 amide bonds. The third-order valence-electron chi connectivity index (χ3n) is 2.44. The third kappa shape index (κ3) is 1.68. The molecule has 5 heteroatoms. The van der Waals surface area contributed by atoms with Gasteiger partial charge in [-0.2, -0.15) is 5.10 Å². The molecule has 1 heterocycles. The topological polar surface area (TPSA) is 67.3 Å². The largest absolute Gasteiger partial charge is 0.395 e. The number of nitrogens with two attached hydrogens (primary N) is 1. The van der Waals surface area contributed by atoms with Gasteiger partial charge in [0.1, 0.15) is 0 Å². The molecular weight excluding hydrogens is 180 g/mol. The van der Waals surface area contributed by atoms with E-state index in [1.54, 1.807) is 10.9 Å². The summed E-state index contributed by atoms with van der Waals surface area (Å²) < 4.78 is 1.71. The molecule has 1 saturated carbocycles. The Kier molecular flexibility index (Phi) is 2.33. The number of hydrogen-bond donors (Lipinski definition) is 2. The first-order valence-electron chi connectivity index (χ1n) is 4.89. The minimum Gasteiger partial charge on any atom is -0.395 e. The number of aliphatic hydroxyl groups excluding tert-OH is 1. The van der Waals surface area contributed by atoms with Gasteiger partial charge in [0.05, 0.1) is 12.3 Å². The molecule has 1 aliphatic rings. The van der Waals surface area contributed by atoms with E-state index in [1.165, 1.54) is 12.8 Å². The highest BCUT2D eigenvalue weighted by atomic mass is 16.3. The summed E-state index contributed by atoms with van der Waals surface area (Å²) in [6.07, 6.45) is 4.15. The van der Waals surface area contributed by atoms with Crippen LogP contribution in [0.3, 0.4) is 0 Å². The quantitative estimate of drug-likeness (QED) is 0.709. The molecule has 0 aromatic carbocycles. The second-order valence-corrected chi connectivity index (χ2v) is 3.73. The van der Waals surface area contributed by atoms with Crippen LogP contribution in [0, 0.1) is 0 Å². The van der Waals surface area contributed by atoms with Crippen molar-refractivity contribution in [2.75, 3.05) is 23.8 Å². The lowest BCUT2D eigenvalue weighted by atomic mass is 10.4. The standard InChI is InChI=1S/C9H16N4O/c1-12-6-8(10)9(11-12)13(4-5-14)7-2-3-7/h6-7,14H,2-5,10H2,1H3. The monoisotopic (exact) mass is 196 g/mol. The van der Waals surface area contributed by atoms with E-state index in [0.29, 0.717) is 18.3 Å². The summed E-state index contributed by atoms with van der Waals surface area (Å²) in [5, 5.41) is 13.3. The number of aromatic nitrogens is 2. The average Bonchev–Trinajstić information content (AvgIpc) is 2.89. The van der Waals surface area contributed by atoms with Crippen LogP contribution in [0.2, 0.25) is 0 Å². The minimum atomic E-state index is 0.145.